The summed E-state index contributed by atoms with van der Waals surface area (Å²) in [5.74, 6) is 1.37. The third-order valence-corrected chi connectivity index (χ3v) is 5.77. The number of carbonyl (C=O) groups is 1. The lowest BCUT2D eigenvalue weighted by atomic mass is 10.1. The summed E-state index contributed by atoms with van der Waals surface area (Å²) in [6, 6.07) is 22.2. The molecule has 0 fully saturated rings. The Morgan fingerprint density at radius 1 is 0.971 bits per heavy atom. The van der Waals surface area contributed by atoms with Crippen molar-refractivity contribution in [3.63, 3.8) is 0 Å². The van der Waals surface area contributed by atoms with Gasteiger partial charge in [-0.25, -0.2) is 0 Å². The fourth-order valence-corrected chi connectivity index (χ4v) is 4.09. The second-order valence-electron chi connectivity index (χ2n) is 8.08. The van der Waals surface area contributed by atoms with E-state index >= 15 is 0 Å². The maximum absolute atomic E-state index is 13.5. The summed E-state index contributed by atoms with van der Waals surface area (Å²) in [5, 5.41) is 6.91. The van der Waals surface area contributed by atoms with E-state index in [0.717, 1.165) is 11.1 Å². The van der Waals surface area contributed by atoms with E-state index in [-0.39, 0.29) is 18.0 Å². The lowest BCUT2D eigenvalue weighted by molar-refractivity contribution is -0.116. The van der Waals surface area contributed by atoms with Crippen LogP contribution in [0.5, 0.6) is 17.2 Å². The Morgan fingerprint density at radius 2 is 1.69 bits per heavy atom. The van der Waals surface area contributed by atoms with E-state index in [1.54, 1.807) is 24.3 Å². The average Bonchev–Trinajstić information content (AvgIpc) is 2.89. The molecule has 1 aromatic heterocycles. The van der Waals surface area contributed by atoms with Gasteiger partial charge in [-0.05, 0) is 36.4 Å². The highest BCUT2D eigenvalue weighted by molar-refractivity contribution is 5.93. The third kappa shape index (κ3) is 4.77. The van der Waals surface area contributed by atoms with Crippen LogP contribution in [0.15, 0.2) is 77.6 Å². The Balaban J connectivity index is 1.52. The van der Waals surface area contributed by atoms with E-state index in [0.29, 0.717) is 53.8 Å². The van der Waals surface area contributed by atoms with Crippen LogP contribution in [0.25, 0.3) is 10.9 Å². The van der Waals surface area contributed by atoms with E-state index in [1.807, 2.05) is 48.5 Å². The van der Waals surface area contributed by atoms with Gasteiger partial charge in [0.15, 0.2) is 11.5 Å². The molecule has 0 saturated carbocycles. The van der Waals surface area contributed by atoms with Crippen LogP contribution in [0, 0.1) is 0 Å². The molecule has 0 saturated heterocycles. The van der Waals surface area contributed by atoms with E-state index in [2.05, 4.69) is 10.6 Å². The SMILES string of the molecule is COc1ccccc1NC(=O)Cn1c(=O)c(CNc2ccccc2)cc2cc3c(cc21)OCCO3. The second-order valence-corrected chi connectivity index (χ2v) is 8.08. The van der Waals surface area contributed by atoms with Crippen LogP contribution in [0.1, 0.15) is 5.56 Å². The predicted molar refractivity (Wildman–Crippen MR) is 135 cm³/mol. The van der Waals surface area contributed by atoms with Crippen molar-refractivity contribution in [1.82, 2.24) is 4.57 Å². The number of rotatable bonds is 7. The van der Waals surface area contributed by atoms with Gasteiger partial charge in [0, 0.05) is 29.2 Å². The summed E-state index contributed by atoms with van der Waals surface area (Å²) in [6.07, 6.45) is 0. The number of hydrogen-bond acceptors (Lipinski definition) is 6. The molecule has 0 aliphatic carbocycles. The van der Waals surface area contributed by atoms with Gasteiger partial charge in [0.05, 0.1) is 18.3 Å². The third-order valence-electron chi connectivity index (χ3n) is 5.77. The Kier molecular flexibility index (Phi) is 6.26. The summed E-state index contributed by atoms with van der Waals surface area (Å²) in [7, 11) is 1.54. The number of nitrogens with zero attached hydrogens (tertiary/aromatic N) is 1. The first-order chi connectivity index (χ1) is 17.1. The number of ether oxygens (including phenoxy) is 3. The molecule has 0 unspecified atom stereocenters. The minimum absolute atomic E-state index is 0.174. The Morgan fingerprint density at radius 3 is 2.46 bits per heavy atom. The van der Waals surface area contributed by atoms with Crippen molar-refractivity contribution in [2.75, 3.05) is 31.0 Å². The van der Waals surface area contributed by atoms with Gasteiger partial charge >= 0.3 is 0 Å². The average molecular weight is 472 g/mol. The highest BCUT2D eigenvalue weighted by Gasteiger charge is 2.19. The van der Waals surface area contributed by atoms with Crippen LogP contribution in [0.3, 0.4) is 0 Å². The number of fused-ring (bicyclic) bond motifs is 2. The van der Waals surface area contributed by atoms with Crippen molar-refractivity contribution in [3.05, 3.63) is 88.7 Å². The summed E-state index contributed by atoms with van der Waals surface area (Å²) in [4.78, 5) is 26.6. The number of nitrogens with one attached hydrogen (secondary N) is 2. The van der Waals surface area contributed by atoms with Crippen molar-refractivity contribution >= 4 is 28.2 Å². The maximum atomic E-state index is 13.5. The Hall–Kier alpha value is -4.46. The fraction of sp³-hybridized carbons (Fsp3) is 0.185. The molecule has 5 rings (SSSR count). The zero-order chi connectivity index (χ0) is 24.2. The minimum atomic E-state index is -0.346. The van der Waals surface area contributed by atoms with E-state index in [4.69, 9.17) is 14.2 Å². The Bertz CT molecular complexity index is 1430. The van der Waals surface area contributed by atoms with Gasteiger partial charge in [-0.1, -0.05) is 30.3 Å². The molecular weight excluding hydrogens is 446 g/mol. The molecule has 0 bridgehead atoms. The van der Waals surface area contributed by atoms with Crippen LogP contribution in [0.2, 0.25) is 0 Å². The van der Waals surface area contributed by atoms with Gasteiger partial charge in [0.1, 0.15) is 25.5 Å². The number of para-hydroxylation sites is 3. The van der Waals surface area contributed by atoms with Gasteiger partial charge in [-0.2, -0.15) is 0 Å². The maximum Gasteiger partial charge on any atom is 0.256 e. The quantitative estimate of drug-likeness (QED) is 0.423. The highest BCUT2D eigenvalue weighted by Crippen LogP contribution is 2.34. The topological polar surface area (TPSA) is 90.8 Å². The van der Waals surface area contributed by atoms with Crippen molar-refractivity contribution in [2.45, 2.75) is 13.1 Å². The molecule has 3 aromatic carbocycles. The van der Waals surface area contributed by atoms with Gasteiger partial charge in [-0.15, -0.1) is 0 Å². The zero-order valence-electron chi connectivity index (χ0n) is 19.2. The molecule has 2 N–H and O–H groups in total. The smallest absolute Gasteiger partial charge is 0.256 e. The van der Waals surface area contributed by atoms with Gasteiger partial charge in [-0.3, -0.25) is 14.2 Å². The lowest BCUT2D eigenvalue weighted by Gasteiger charge is -2.21. The van der Waals surface area contributed by atoms with Crippen molar-refractivity contribution < 1.29 is 19.0 Å². The fourth-order valence-electron chi connectivity index (χ4n) is 4.09. The van der Waals surface area contributed by atoms with E-state index in [9.17, 15) is 9.59 Å². The van der Waals surface area contributed by atoms with Gasteiger partial charge in [0.2, 0.25) is 5.91 Å². The molecule has 1 amide bonds. The number of aromatic nitrogens is 1. The first-order valence-corrected chi connectivity index (χ1v) is 11.3. The monoisotopic (exact) mass is 471 g/mol. The number of carbonyl (C=O) groups excluding carboxylic acids is 1. The summed E-state index contributed by atoms with van der Waals surface area (Å²) >= 11 is 0. The molecule has 2 heterocycles. The van der Waals surface area contributed by atoms with Gasteiger partial charge in [0.25, 0.3) is 5.56 Å². The van der Waals surface area contributed by atoms with Crippen LogP contribution >= 0.6 is 0 Å². The number of amides is 1. The summed E-state index contributed by atoms with van der Waals surface area (Å²) in [5.41, 5.74) is 2.30. The molecule has 4 aromatic rings. The first kappa shape index (κ1) is 22.3. The molecule has 178 valence electrons. The molecule has 0 spiro atoms. The lowest BCUT2D eigenvalue weighted by Crippen LogP contribution is -2.31. The standard InChI is InChI=1S/C27H25N3O5/c1-33-23-10-6-5-9-21(23)29-26(31)17-30-22-15-25-24(34-11-12-35-25)14-18(22)13-19(27(30)32)16-28-20-7-3-2-4-8-20/h2-10,13-15,28H,11-12,16-17H2,1H3,(H,29,31). The van der Waals surface area contributed by atoms with E-state index < -0.39 is 0 Å². The van der Waals surface area contributed by atoms with Gasteiger partial charge < -0.3 is 24.8 Å². The largest absolute Gasteiger partial charge is 0.495 e. The normalized spacial score (nSPS) is 12.3. The van der Waals surface area contributed by atoms with Crippen molar-refractivity contribution in [1.29, 1.82) is 0 Å². The molecule has 8 nitrogen and oxygen atoms in total. The Labute approximate surface area is 202 Å². The molecule has 0 radical (unpaired) electrons. The molecule has 1 aliphatic heterocycles. The molecule has 8 heteroatoms. The van der Waals surface area contributed by atoms with Crippen LogP contribution in [-0.2, 0) is 17.9 Å². The first-order valence-electron chi connectivity index (χ1n) is 11.3. The number of hydrogen-bond donors (Lipinski definition) is 2. The summed E-state index contributed by atoms with van der Waals surface area (Å²) < 4.78 is 18.3. The molecule has 1 aliphatic rings. The molecular formula is C27H25N3O5. The zero-order valence-corrected chi connectivity index (χ0v) is 19.2. The number of benzene rings is 3. The van der Waals surface area contributed by atoms with Crippen LogP contribution < -0.4 is 30.4 Å². The van der Waals surface area contributed by atoms with Crippen LogP contribution in [-0.4, -0.2) is 30.8 Å². The minimum Gasteiger partial charge on any atom is -0.495 e. The second kappa shape index (κ2) is 9.80. The highest BCUT2D eigenvalue weighted by atomic mass is 16.6. The van der Waals surface area contributed by atoms with Crippen LogP contribution in [0.4, 0.5) is 11.4 Å². The van der Waals surface area contributed by atoms with Crippen molar-refractivity contribution in [2.24, 2.45) is 0 Å². The van der Waals surface area contributed by atoms with Crippen molar-refractivity contribution in [3.8, 4) is 17.2 Å². The summed E-state index contributed by atoms with van der Waals surface area (Å²) in [6.45, 7) is 1.02. The number of pyridine rings is 1. The van der Waals surface area contributed by atoms with E-state index in [1.165, 1.54) is 11.7 Å². The predicted octanol–water partition coefficient (Wildman–Crippen LogP) is 4.03. The number of methoxy groups -OCH3 is 1. The molecule has 0 atom stereocenters. The number of anilines is 2. The molecule has 35 heavy (non-hydrogen) atoms.